The smallest absolute Gasteiger partial charge is 0.356 e. The molecule has 132 valence electrons. The summed E-state index contributed by atoms with van der Waals surface area (Å²) in [4.78, 5) is 55.2. The molecule has 0 saturated heterocycles. The van der Waals surface area contributed by atoms with Gasteiger partial charge in [-0.05, 0) is 12.1 Å². The van der Waals surface area contributed by atoms with Crippen molar-refractivity contribution in [2.75, 3.05) is 0 Å². The molecule has 0 radical (unpaired) electrons. The van der Waals surface area contributed by atoms with E-state index in [4.69, 9.17) is 0 Å². The number of carbonyl (C=O) groups excluding carboxylic acids is 3. The van der Waals surface area contributed by atoms with Crippen molar-refractivity contribution in [1.29, 1.82) is 0 Å². The zero-order valence-electron chi connectivity index (χ0n) is 12.7. The SMILES string of the molecule is O=C(OC(=O)c1ccccc1[N+](=O)[O-])OC(=O)c1ccccc1[N+](=O)[O-]. The number of para-hydroxylation sites is 2. The first-order chi connectivity index (χ1) is 12.3. The molecule has 26 heavy (non-hydrogen) atoms. The number of rotatable bonds is 4. The molecule has 0 aliphatic carbocycles. The molecule has 0 saturated carbocycles. The molecule has 11 nitrogen and oxygen atoms in total. The second-order valence-electron chi connectivity index (χ2n) is 4.58. The Bertz CT molecular complexity index is 849. The maximum absolute atomic E-state index is 11.8. The molecule has 0 N–H and O–H groups in total. The number of ether oxygens (including phenoxy) is 2. The average molecular weight is 360 g/mol. The van der Waals surface area contributed by atoms with Crippen molar-refractivity contribution < 1.29 is 33.7 Å². The molecule has 0 atom stereocenters. The summed E-state index contributed by atoms with van der Waals surface area (Å²) in [6, 6.07) is 9.30. The molecule has 2 rings (SSSR count). The Morgan fingerprint density at radius 2 is 1.04 bits per heavy atom. The van der Waals surface area contributed by atoms with Crippen molar-refractivity contribution in [2.24, 2.45) is 0 Å². The maximum Gasteiger partial charge on any atom is 0.524 e. The van der Waals surface area contributed by atoms with Crippen LogP contribution < -0.4 is 0 Å². The lowest BCUT2D eigenvalue weighted by molar-refractivity contribution is -0.385. The molecule has 0 fully saturated rings. The second-order valence-corrected chi connectivity index (χ2v) is 4.58. The highest BCUT2D eigenvalue weighted by molar-refractivity contribution is 6.03. The lowest BCUT2D eigenvalue weighted by Gasteiger charge is -2.04. The van der Waals surface area contributed by atoms with Gasteiger partial charge in [0.2, 0.25) is 0 Å². The first-order valence-electron chi connectivity index (χ1n) is 6.76. The van der Waals surface area contributed by atoms with E-state index in [1.807, 2.05) is 0 Å². The van der Waals surface area contributed by atoms with Crippen LogP contribution >= 0.6 is 0 Å². The van der Waals surface area contributed by atoms with Gasteiger partial charge in [0.05, 0.1) is 9.85 Å². The Labute approximate surface area is 144 Å². The minimum atomic E-state index is -1.78. The molecular weight excluding hydrogens is 352 g/mol. The highest BCUT2D eigenvalue weighted by Gasteiger charge is 2.27. The van der Waals surface area contributed by atoms with Gasteiger partial charge in [-0.15, -0.1) is 0 Å². The van der Waals surface area contributed by atoms with Gasteiger partial charge in [-0.1, -0.05) is 24.3 Å². The van der Waals surface area contributed by atoms with Crippen molar-refractivity contribution in [3.63, 3.8) is 0 Å². The molecule has 0 aromatic heterocycles. The number of benzene rings is 2. The second kappa shape index (κ2) is 7.61. The van der Waals surface area contributed by atoms with Gasteiger partial charge < -0.3 is 9.47 Å². The summed E-state index contributed by atoms with van der Waals surface area (Å²) in [7, 11) is 0. The number of esters is 2. The third-order valence-corrected chi connectivity index (χ3v) is 2.99. The zero-order chi connectivity index (χ0) is 19.3. The Balaban J connectivity index is 2.12. The highest BCUT2D eigenvalue weighted by Crippen LogP contribution is 2.20. The summed E-state index contributed by atoms with van der Waals surface area (Å²) < 4.78 is 8.45. The summed E-state index contributed by atoms with van der Waals surface area (Å²) >= 11 is 0. The van der Waals surface area contributed by atoms with Crippen molar-refractivity contribution >= 4 is 29.5 Å². The molecule has 2 aromatic carbocycles. The van der Waals surface area contributed by atoms with Crippen LogP contribution in [0.3, 0.4) is 0 Å². The standard InChI is InChI=1S/C15H8N2O9/c18-13(9-5-1-3-7-11(9)16(21)22)25-15(20)26-14(19)10-6-2-4-8-12(10)17(23)24/h1-8H. The van der Waals surface area contributed by atoms with E-state index in [1.165, 1.54) is 24.3 Å². The van der Waals surface area contributed by atoms with Gasteiger partial charge in [0, 0.05) is 12.1 Å². The van der Waals surface area contributed by atoms with E-state index in [2.05, 4.69) is 9.47 Å². The number of nitro groups is 2. The Hall–Kier alpha value is -4.15. The summed E-state index contributed by atoms with van der Waals surface area (Å²) in [6.07, 6.45) is -1.78. The topological polar surface area (TPSA) is 156 Å². The lowest BCUT2D eigenvalue weighted by atomic mass is 10.2. The third-order valence-electron chi connectivity index (χ3n) is 2.99. The van der Waals surface area contributed by atoms with E-state index in [0.29, 0.717) is 0 Å². The summed E-state index contributed by atoms with van der Waals surface area (Å²) in [6.45, 7) is 0. The number of hydrogen-bond acceptors (Lipinski definition) is 9. The molecule has 0 aliphatic rings. The highest BCUT2D eigenvalue weighted by atomic mass is 16.8. The minimum Gasteiger partial charge on any atom is -0.356 e. The molecular formula is C15H8N2O9. The van der Waals surface area contributed by atoms with Gasteiger partial charge in [-0.2, -0.15) is 0 Å². The first kappa shape index (κ1) is 18.2. The largest absolute Gasteiger partial charge is 0.524 e. The predicted octanol–water partition coefficient (Wildman–Crippen LogP) is 2.64. The van der Waals surface area contributed by atoms with E-state index in [-0.39, 0.29) is 0 Å². The van der Waals surface area contributed by atoms with Crippen molar-refractivity contribution in [2.45, 2.75) is 0 Å². The molecule has 0 unspecified atom stereocenters. The van der Waals surface area contributed by atoms with Crippen LogP contribution in [-0.2, 0) is 9.47 Å². The zero-order valence-corrected chi connectivity index (χ0v) is 12.7. The van der Waals surface area contributed by atoms with E-state index < -0.39 is 50.4 Å². The normalized spacial score (nSPS) is 9.85. The molecule has 0 heterocycles. The van der Waals surface area contributed by atoms with Crippen molar-refractivity contribution in [3.8, 4) is 0 Å². The number of carbonyl (C=O) groups is 3. The quantitative estimate of drug-likeness (QED) is 0.346. The first-order valence-corrected chi connectivity index (χ1v) is 6.76. The Morgan fingerprint density at radius 1 is 0.692 bits per heavy atom. The molecule has 0 spiro atoms. The summed E-state index contributed by atoms with van der Waals surface area (Å²) in [5, 5.41) is 21.7. The van der Waals surface area contributed by atoms with Gasteiger partial charge in [-0.3, -0.25) is 20.2 Å². The van der Waals surface area contributed by atoms with Crippen LogP contribution in [0.25, 0.3) is 0 Å². The molecule has 0 bridgehead atoms. The van der Waals surface area contributed by atoms with Crippen molar-refractivity contribution in [3.05, 3.63) is 79.9 Å². The summed E-state index contributed by atoms with van der Waals surface area (Å²) in [5.74, 6) is -2.84. The van der Waals surface area contributed by atoms with Gasteiger partial charge >= 0.3 is 18.1 Å². The summed E-state index contributed by atoms with van der Waals surface area (Å²) in [5.41, 5.74) is -2.30. The molecule has 11 heteroatoms. The van der Waals surface area contributed by atoms with Crippen LogP contribution in [0.1, 0.15) is 20.7 Å². The van der Waals surface area contributed by atoms with Crippen molar-refractivity contribution in [1.82, 2.24) is 0 Å². The van der Waals surface area contributed by atoms with Gasteiger partial charge in [0.15, 0.2) is 0 Å². The fraction of sp³-hybridized carbons (Fsp3) is 0. The van der Waals surface area contributed by atoms with E-state index >= 15 is 0 Å². The van der Waals surface area contributed by atoms with Gasteiger partial charge in [0.1, 0.15) is 11.1 Å². The van der Waals surface area contributed by atoms with Crippen LogP contribution in [0.2, 0.25) is 0 Å². The fourth-order valence-electron chi connectivity index (χ4n) is 1.89. The number of nitrogens with zero attached hydrogens (tertiary/aromatic N) is 2. The lowest BCUT2D eigenvalue weighted by Crippen LogP contribution is -2.19. The third kappa shape index (κ3) is 4.03. The van der Waals surface area contributed by atoms with Crippen LogP contribution in [0.15, 0.2) is 48.5 Å². The van der Waals surface area contributed by atoms with Gasteiger partial charge in [-0.25, -0.2) is 14.4 Å². The van der Waals surface area contributed by atoms with E-state index in [1.54, 1.807) is 0 Å². The predicted molar refractivity (Wildman–Crippen MR) is 82.4 cm³/mol. The molecule has 2 aromatic rings. The minimum absolute atomic E-state index is 0.535. The van der Waals surface area contributed by atoms with Crippen LogP contribution in [-0.4, -0.2) is 27.9 Å². The van der Waals surface area contributed by atoms with E-state index in [0.717, 1.165) is 24.3 Å². The van der Waals surface area contributed by atoms with Crippen LogP contribution in [0.4, 0.5) is 16.2 Å². The van der Waals surface area contributed by atoms with Crippen LogP contribution in [0.5, 0.6) is 0 Å². The monoisotopic (exact) mass is 360 g/mol. The number of nitro benzene ring substituents is 2. The fourth-order valence-corrected chi connectivity index (χ4v) is 1.89. The average Bonchev–Trinajstić information content (AvgIpc) is 2.61. The van der Waals surface area contributed by atoms with E-state index in [9.17, 15) is 34.6 Å². The number of hydrogen-bond donors (Lipinski definition) is 0. The molecule has 0 amide bonds. The Kier molecular flexibility index (Phi) is 5.33. The van der Waals surface area contributed by atoms with Gasteiger partial charge in [0.25, 0.3) is 11.4 Å². The maximum atomic E-state index is 11.8. The van der Waals surface area contributed by atoms with Crippen LogP contribution in [0, 0.1) is 20.2 Å². The molecule has 0 aliphatic heterocycles. The Morgan fingerprint density at radius 3 is 1.38 bits per heavy atom.